The molecule has 1 aliphatic heterocycles. The zero-order chi connectivity index (χ0) is 18.2. The van der Waals surface area contributed by atoms with E-state index in [1.54, 1.807) is 7.05 Å². The van der Waals surface area contributed by atoms with Gasteiger partial charge < -0.3 is 20.3 Å². The number of aliphatic imine (C=N–C) groups is 1. The van der Waals surface area contributed by atoms with Gasteiger partial charge in [0.25, 0.3) is 0 Å². The van der Waals surface area contributed by atoms with Crippen LogP contribution in [0.5, 0.6) is 0 Å². The Labute approximate surface area is 156 Å². The van der Waals surface area contributed by atoms with E-state index < -0.39 is 0 Å². The van der Waals surface area contributed by atoms with Crippen molar-refractivity contribution in [1.29, 1.82) is 0 Å². The number of hydrogen-bond acceptors (Lipinski definition) is 3. The predicted molar refractivity (Wildman–Crippen MR) is 108 cm³/mol. The average molecular weight is 352 g/mol. The van der Waals surface area contributed by atoms with Crippen molar-refractivity contribution in [3.05, 3.63) is 65.7 Å². The number of guanidine groups is 1. The molecule has 2 aromatic carbocycles. The first-order valence-corrected chi connectivity index (χ1v) is 9.20. The van der Waals surface area contributed by atoms with Gasteiger partial charge in [-0.1, -0.05) is 48.5 Å². The number of morpholine rings is 1. The third-order valence-electron chi connectivity index (χ3n) is 4.67. The van der Waals surface area contributed by atoms with Gasteiger partial charge in [0.1, 0.15) is 0 Å². The summed E-state index contributed by atoms with van der Waals surface area (Å²) in [5.41, 5.74) is 3.78. The Morgan fingerprint density at radius 1 is 1.08 bits per heavy atom. The lowest BCUT2D eigenvalue weighted by atomic mass is 10.1. The summed E-state index contributed by atoms with van der Waals surface area (Å²) in [5.74, 6) is 0.804. The minimum Gasteiger partial charge on any atom is -0.378 e. The summed E-state index contributed by atoms with van der Waals surface area (Å²) in [4.78, 5) is 6.76. The second-order valence-corrected chi connectivity index (χ2v) is 6.43. The van der Waals surface area contributed by atoms with Crippen LogP contribution in [0.25, 0.3) is 0 Å². The highest BCUT2D eigenvalue weighted by Crippen LogP contribution is 2.21. The van der Waals surface area contributed by atoms with Crippen LogP contribution in [0.1, 0.15) is 24.1 Å². The van der Waals surface area contributed by atoms with Crippen LogP contribution in [0.3, 0.4) is 0 Å². The van der Waals surface area contributed by atoms with Crippen LogP contribution in [-0.2, 0) is 11.3 Å². The van der Waals surface area contributed by atoms with Gasteiger partial charge in [0.2, 0.25) is 0 Å². The molecule has 5 nitrogen and oxygen atoms in total. The van der Waals surface area contributed by atoms with Crippen LogP contribution in [-0.4, -0.2) is 39.3 Å². The molecule has 0 spiro atoms. The predicted octanol–water partition coefficient (Wildman–Crippen LogP) is 2.95. The summed E-state index contributed by atoms with van der Waals surface area (Å²) in [5, 5.41) is 6.90. The zero-order valence-electron chi connectivity index (χ0n) is 15.6. The number of rotatable bonds is 5. The van der Waals surface area contributed by atoms with Crippen molar-refractivity contribution in [3.8, 4) is 0 Å². The van der Waals surface area contributed by atoms with E-state index >= 15 is 0 Å². The van der Waals surface area contributed by atoms with Gasteiger partial charge in [-0.15, -0.1) is 0 Å². The molecule has 1 atom stereocenters. The summed E-state index contributed by atoms with van der Waals surface area (Å²) in [7, 11) is 1.81. The molecule has 2 aromatic rings. The highest BCUT2D eigenvalue weighted by molar-refractivity contribution is 5.80. The van der Waals surface area contributed by atoms with E-state index in [-0.39, 0.29) is 6.04 Å². The van der Waals surface area contributed by atoms with Crippen LogP contribution in [0.4, 0.5) is 5.69 Å². The molecule has 1 unspecified atom stereocenters. The van der Waals surface area contributed by atoms with Gasteiger partial charge in [0.05, 0.1) is 19.3 Å². The minimum absolute atomic E-state index is 0.192. The Morgan fingerprint density at radius 3 is 2.50 bits per heavy atom. The van der Waals surface area contributed by atoms with Crippen LogP contribution in [0.15, 0.2) is 59.6 Å². The molecular weight excluding hydrogens is 324 g/mol. The van der Waals surface area contributed by atoms with Crippen LogP contribution in [0, 0.1) is 0 Å². The third-order valence-corrected chi connectivity index (χ3v) is 4.67. The first-order valence-electron chi connectivity index (χ1n) is 9.20. The van der Waals surface area contributed by atoms with Crippen LogP contribution in [0.2, 0.25) is 0 Å². The number of ether oxygens (including phenoxy) is 1. The number of nitrogens with one attached hydrogen (secondary N) is 2. The Bertz CT molecular complexity index is 711. The summed E-state index contributed by atoms with van der Waals surface area (Å²) in [6.45, 7) is 6.34. The SMILES string of the molecule is CN=C(NCc1ccccc1N1CCOCC1)NC(C)c1ccccc1. The number of para-hydroxylation sites is 1. The molecular formula is C21H28N4O. The van der Waals surface area contributed by atoms with Gasteiger partial charge >= 0.3 is 0 Å². The van der Waals surface area contributed by atoms with Gasteiger partial charge in [-0.3, -0.25) is 4.99 Å². The second kappa shape index (κ2) is 9.25. The van der Waals surface area contributed by atoms with E-state index in [9.17, 15) is 0 Å². The fourth-order valence-corrected chi connectivity index (χ4v) is 3.18. The molecule has 2 N–H and O–H groups in total. The lowest BCUT2D eigenvalue weighted by Crippen LogP contribution is -2.39. The highest BCUT2D eigenvalue weighted by atomic mass is 16.5. The van der Waals surface area contributed by atoms with Gasteiger partial charge in [-0.25, -0.2) is 0 Å². The Morgan fingerprint density at radius 2 is 1.77 bits per heavy atom. The number of hydrogen-bond donors (Lipinski definition) is 2. The van der Waals surface area contributed by atoms with Crippen molar-refractivity contribution in [1.82, 2.24) is 10.6 Å². The number of nitrogens with zero attached hydrogens (tertiary/aromatic N) is 2. The maximum absolute atomic E-state index is 5.48. The van der Waals surface area contributed by atoms with E-state index in [1.807, 2.05) is 6.07 Å². The fraction of sp³-hybridized carbons (Fsp3) is 0.381. The topological polar surface area (TPSA) is 48.9 Å². The lowest BCUT2D eigenvalue weighted by molar-refractivity contribution is 0.122. The molecule has 0 radical (unpaired) electrons. The Hall–Kier alpha value is -2.53. The normalized spacial score (nSPS) is 16.2. The summed E-state index contributed by atoms with van der Waals surface area (Å²) in [6, 6.07) is 19.1. The van der Waals surface area contributed by atoms with Crippen molar-refractivity contribution in [3.63, 3.8) is 0 Å². The third kappa shape index (κ3) is 4.76. The molecule has 0 saturated carbocycles. The fourth-order valence-electron chi connectivity index (χ4n) is 3.18. The maximum atomic E-state index is 5.48. The Kier molecular flexibility index (Phi) is 6.50. The average Bonchev–Trinajstić information content (AvgIpc) is 2.72. The molecule has 3 rings (SSSR count). The van der Waals surface area contributed by atoms with E-state index in [2.05, 4.69) is 76.0 Å². The molecule has 26 heavy (non-hydrogen) atoms. The molecule has 138 valence electrons. The second-order valence-electron chi connectivity index (χ2n) is 6.43. The molecule has 0 amide bonds. The smallest absolute Gasteiger partial charge is 0.191 e. The first kappa shape index (κ1) is 18.3. The van der Waals surface area contributed by atoms with E-state index in [0.29, 0.717) is 0 Å². The van der Waals surface area contributed by atoms with Crippen LogP contribution >= 0.6 is 0 Å². The van der Waals surface area contributed by atoms with E-state index in [0.717, 1.165) is 38.8 Å². The quantitative estimate of drug-likeness (QED) is 0.642. The lowest BCUT2D eigenvalue weighted by Gasteiger charge is -2.30. The monoisotopic (exact) mass is 352 g/mol. The van der Waals surface area contributed by atoms with E-state index in [4.69, 9.17) is 4.74 Å². The Balaban J connectivity index is 1.62. The van der Waals surface area contributed by atoms with Gasteiger partial charge in [0, 0.05) is 32.4 Å². The van der Waals surface area contributed by atoms with Gasteiger partial charge in [0.15, 0.2) is 5.96 Å². The molecule has 1 saturated heterocycles. The summed E-state index contributed by atoms with van der Waals surface area (Å²) in [6.07, 6.45) is 0. The first-order chi connectivity index (χ1) is 12.8. The van der Waals surface area contributed by atoms with Gasteiger partial charge in [-0.05, 0) is 24.1 Å². The largest absolute Gasteiger partial charge is 0.378 e. The van der Waals surface area contributed by atoms with Crippen molar-refractivity contribution in [2.75, 3.05) is 38.3 Å². The minimum atomic E-state index is 0.192. The van der Waals surface area contributed by atoms with Crippen molar-refractivity contribution >= 4 is 11.6 Å². The molecule has 5 heteroatoms. The van der Waals surface area contributed by atoms with Crippen LogP contribution < -0.4 is 15.5 Å². The highest BCUT2D eigenvalue weighted by Gasteiger charge is 2.15. The number of anilines is 1. The van der Waals surface area contributed by atoms with E-state index in [1.165, 1.54) is 16.8 Å². The molecule has 1 heterocycles. The standard InChI is InChI=1S/C21H28N4O/c1-17(18-8-4-3-5-9-18)24-21(22-2)23-16-19-10-6-7-11-20(19)25-12-14-26-15-13-25/h3-11,17H,12-16H2,1-2H3,(H2,22,23,24). The zero-order valence-corrected chi connectivity index (χ0v) is 15.6. The maximum Gasteiger partial charge on any atom is 0.191 e. The number of benzene rings is 2. The molecule has 0 aromatic heterocycles. The van der Waals surface area contributed by atoms with Crippen molar-refractivity contribution in [2.24, 2.45) is 4.99 Å². The molecule has 0 bridgehead atoms. The summed E-state index contributed by atoms with van der Waals surface area (Å²) < 4.78 is 5.48. The molecule has 0 aliphatic carbocycles. The molecule has 1 aliphatic rings. The molecule has 1 fully saturated rings. The van der Waals surface area contributed by atoms with Crippen molar-refractivity contribution in [2.45, 2.75) is 19.5 Å². The summed E-state index contributed by atoms with van der Waals surface area (Å²) >= 11 is 0. The van der Waals surface area contributed by atoms with Gasteiger partial charge in [-0.2, -0.15) is 0 Å². The van der Waals surface area contributed by atoms with Crippen molar-refractivity contribution < 1.29 is 4.74 Å².